The highest BCUT2D eigenvalue weighted by Gasteiger charge is 2.12. The number of nitrogens with zero attached hydrogens (tertiary/aromatic N) is 2. The van der Waals surface area contributed by atoms with Crippen molar-refractivity contribution in [1.29, 1.82) is 5.26 Å². The number of thiazole rings is 1. The van der Waals surface area contributed by atoms with E-state index in [0.29, 0.717) is 42.1 Å². The average molecular weight is 441 g/mol. The molecule has 0 amide bonds. The number of halogens is 4. The molecule has 1 aromatic heterocycles. The van der Waals surface area contributed by atoms with Crippen LogP contribution in [-0.2, 0) is 0 Å². The van der Waals surface area contributed by atoms with Crippen LogP contribution in [0.3, 0.4) is 0 Å². The maximum absolute atomic E-state index is 9.46. The average Bonchev–Trinajstić information content (AvgIpc) is 3.08. The van der Waals surface area contributed by atoms with Gasteiger partial charge < -0.3 is 5.32 Å². The molecule has 26 heavy (non-hydrogen) atoms. The quantitative estimate of drug-likeness (QED) is 0.430. The molecule has 0 bridgehead atoms. The molecule has 3 aromatic rings. The summed E-state index contributed by atoms with van der Waals surface area (Å²) < 4.78 is 0. The summed E-state index contributed by atoms with van der Waals surface area (Å²) in [6.07, 6.45) is 1.55. The van der Waals surface area contributed by atoms with E-state index < -0.39 is 0 Å². The normalized spacial score (nSPS) is 11.3. The van der Waals surface area contributed by atoms with Gasteiger partial charge in [-0.15, -0.1) is 11.3 Å². The number of nitriles is 1. The molecule has 1 heterocycles. The molecule has 3 nitrogen and oxygen atoms in total. The molecule has 0 aliphatic carbocycles. The minimum Gasteiger partial charge on any atom is -0.359 e. The monoisotopic (exact) mass is 439 g/mol. The Hall–Kier alpha value is -1.74. The van der Waals surface area contributed by atoms with Crippen LogP contribution in [-0.4, -0.2) is 4.98 Å². The van der Waals surface area contributed by atoms with Gasteiger partial charge >= 0.3 is 0 Å². The lowest BCUT2D eigenvalue weighted by Gasteiger charge is -2.05. The summed E-state index contributed by atoms with van der Waals surface area (Å²) >= 11 is 25.6. The van der Waals surface area contributed by atoms with Gasteiger partial charge in [-0.25, -0.2) is 4.98 Å². The van der Waals surface area contributed by atoms with Crippen molar-refractivity contribution in [3.63, 3.8) is 0 Å². The second kappa shape index (κ2) is 8.30. The van der Waals surface area contributed by atoms with Gasteiger partial charge in [-0.1, -0.05) is 52.5 Å². The number of benzene rings is 2. The Morgan fingerprint density at radius 2 is 1.92 bits per heavy atom. The van der Waals surface area contributed by atoms with Gasteiger partial charge in [0.25, 0.3) is 0 Å². The maximum Gasteiger partial charge on any atom is 0.136 e. The molecule has 0 unspecified atom stereocenters. The first-order chi connectivity index (χ1) is 12.5. The molecule has 0 aliphatic heterocycles. The molecule has 3 rings (SSSR count). The summed E-state index contributed by atoms with van der Waals surface area (Å²) in [4.78, 5) is 4.50. The van der Waals surface area contributed by atoms with E-state index in [1.54, 1.807) is 42.6 Å². The lowest BCUT2D eigenvalue weighted by atomic mass is 10.2. The van der Waals surface area contributed by atoms with Crippen LogP contribution in [0.15, 0.2) is 48.0 Å². The van der Waals surface area contributed by atoms with Crippen molar-refractivity contribution in [2.75, 3.05) is 5.32 Å². The van der Waals surface area contributed by atoms with E-state index in [-0.39, 0.29) is 0 Å². The van der Waals surface area contributed by atoms with E-state index in [0.717, 1.165) is 5.56 Å². The second-order valence-electron chi connectivity index (χ2n) is 5.08. The van der Waals surface area contributed by atoms with E-state index in [4.69, 9.17) is 46.4 Å². The summed E-state index contributed by atoms with van der Waals surface area (Å²) in [7, 11) is 0. The summed E-state index contributed by atoms with van der Waals surface area (Å²) in [5.74, 6) is 0. The van der Waals surface area contributed by atoms with Crippen LogP contribution in [0, 0.1) is 11.3 Å². The molecule has 130 valence electrons. The predicted molar refractivity (Wildman–Crippen MR) is 111 cm³/mol. The number of hydrogen-bond donors (Lipinski definition) is 1. The Kier molecular flexibility index (Phi) is 6.08. The maximum atomic E-state index is 9.46. The standard InChI is InChI=1S/C18H9Cl4N3S/c19-11-4-5-12(14(21)6-11)16-9-26-18(25-16)10(7-23)8-24-15-3-1-2-13(20)17(15)22/h1-6,8-9,24H/b10-8-. The molecule has 0 atom stereocenters. The number of anilines is 1. The van der Waals surface area contributed by atoms with Gasteiger partial charge in [-0.2, -0.15) is 5.26 Å². The number of allylic oxidation sites excluding steroid dienone is 1. The fraction of sp³-hybridized carbons (Fsp3) is 0. The fourth-order valence-electron chi connectivity index (χ4n) is 2.13. The van der Waals surface area contributed by atoms with Crippen LogP contribution in [0.5, 0.6) is 0 Å². The minimum atomic E-state index is 0.363. The zero-order valence-electron chi connectivity index (χ0n) is 12.9. The molecular weight excluding hydrogens is 432 g/mol. The molecule has 0 spiro atoms. The number of aromatic nitrogens is 1. The molecule has 0 aliphatic rings. The van der Waals surface area contributed by atoms with Crippen LogP contribution < -0.4 is 5.32 Å². The molecule has 2 aromatic carbocycles. The first-order valence-corrected chi connectivity index (χ1v) is 9.61. The molecule has 1 N–H and O–H groups in total. The zero-order valence-corrected chi connectivity index (χ0v) is 16.8. The van der Waals surface area contributed by atoms with Crippen molar-refractivity contribution in [2.24, 2.45) is 0 Å². The van der Waals surface area contributed by atoms with E-state index >= 15 is 0 Å². The molecule has 0 saturated carbocycles. The Morgan fingerprint density at radius 3 is 2.65 bits per heavy atom. The summed E-state index contributed by atoms with van der Waals surface area (Å²) in [6, 6.07) is 12.5. The third-order valence-electron chi connectivity index (χ3n) is 3.39. The van der Waals surface area contributed by atoms with Crippen LogP contribution in [0.25, 0.3) is 16.8 Å². The van der Waals surface area contributed by atoms with E-state index in [9.17, 15) is 5.26 Å². The molecule has 0 fully saturated rings. The number of rotatable bonds is 4. The van der Waals surface area contributed by atoms with Crippen molar-refractivity contribution < 1.29 is 0 Å². The number of hydrogen-bond acceptors (Lipinski definition) is 4. The predicted octanol–water partition coefficient (Wildman–Crippen LogP) is 7.40. The third kappa shape index (κ3) is 4.15. The van der Waals surface area contributed by atoms with Crippen LogP contribution in [0.2, 0.25) is 20.1 Å². The second-order valence-corrected chi connectivity index (χ2v) is 7.56. The Balaban J connectivity index is 1.89. The largest absolute Gasteiger partial charge is 0.359 e. The van der Waals surface area contributed by atoms with Crippen molar-refractivity contribution >= 4 is 69.0 Å². The van der Waals surface area contributed by atoms with Crippen molar-refractivity contribution in [1.82, 2.24) is 4.98 Å². The highest BCUT2D eigenvalue weighted by molar-refractivity contribution is 7.11. The lowest BCUT2D eigenvalue weighted by Crippen LogP contribution is -1.92. The number of nitrogens with one attached hydrogen (secondary N) is 1. The van der Waals surface area contributed by atoms with Gasteiger partial charge in [0.1, 0.15) is 16.6 Å². The van der Waals surface area contributed by atoms with Gasteiger partial charge in [-0.05, 0) is 30.3 Å². The Bertz CT molecular complexity index is 1040. The van der Waals surface area contributed by atoms with Gasteiger partial charge in [0, 0.05) is 22.2 Å². The molecule has 0 radical (unpaired) electrons. The molecule has 8 heteroatoms. The molecular formula is C18H9Cl4N3S. The fourth-order valence-corrected chi connectivity index (χ4v) is 3.77. The van der Waals surface area contributed by atoms with Crippen molar-refractivity contribution in [3.8, 4) is 17.3 Å². The zero-order chi connectivity index (χ0) is 18.7. The summed E-state index contributed by atoms with van der Waals surface area (Å²) in [6.45, 7) is 0. The van der Waals surface area contributed by atoms with Gasteiger partial charge in [0.2, 0.25) is 0 Å². The van der Waals surface area contributed by atoms with E-state index in [2.05, 4.69) is 16.4 Å². The SMILES string of the molecule is N#C/C(=C/Nc1cccc(Cl)c1Cl)c1nc(-c2ccc(Cl)cc2Cl)cs1. The lowest BCUT2D eigenvalue weighted by molar-refractivity contribution is 1.36. The molecule has 0 saturated heterocycles. The highest BCUT2D eigenvalue weighted by atomic mass is 35.5. The first kappa shape index (κ1) is 19.0. The van der Waals surface area contributed by atoms with E-state index in [1.165, 1.54) is 11.3 Å². The minimum absolute atomic E-state index is 0.363. The van der Waals surface area contributed by atoms with Crippen LogP contribution in [0.1, 0.15) is 5.01 Å². The third-order valence-corrected chi connectivity index (χ3v) is 5.63. The Morgan fingerprint density at radius 1 is 1.12 bits per heavy atom. The van der Waals surface area contributed by atoms with Gasteiger partial charge in [0.05, 0.1) is 26.4 Å². The van der Waals surface area contributed by atoms with Gasteiger partial charge in [-0.3, -0.25) is 0 Å². The first-order valence-electron chi connectivity index (χ1n) is 7.21. The van der Waals surface area contributed by atoms with Gasteiger partial charge in [0.15, 0.2) is 0 Å². The topological polar surface area (TPSA) is 48.7 Å². The van der Waals surface area contributed by atoms with Crippen molar-refractivity contribution in [2.45, 2.75) is 0 Å². The van der Waals surface area contributed by atoms with E-state index in [1.807, 2.05) is 5.38 Å². The highest BCUT2D eigenvalue weighted by Crippen LogP contribution is 2.33. The smallest absolute Gasteiger partial charge is 0.136 e. The van der Waals surface area contributed by atoms with Crippen molar-refractivity contribution in [3.05, 3.63) is 73.1 Å². The van der Waals surface area contributed by atoms with Crippen LogP contribution >= 0.6 is 57.7 Å². The van der Waals surface area contributed by atoms with Crippen LogP contribution in [0.4, 0.5) is 5.69 Å². The summed E-state index contributed by atoms with van der Waals surface area (Å²) in [5.41, 5.74) is 2.39. The Labute approximate surface area is 174 Å². The summed E-state index contributed by atoms with van der Waals surface area (Å²) in [5, 5.41) is 16.7.